The minimum absolute atomic E-state index is 0.00781. The molecule has 0 saturated carbocycles. The molecule has 1 aromatic rings. The molecule has 1 aromatic heterocycles. The van der Waals surface area contributed by atoms with Gasteiger partial charge in [-0.05, 0) is 31.6 Å². The van der Waals surface area contributed by atoms with Crippen LogP contribution in [-0.2, 0) is 0 Å². The molecule has 0 aromatic carbocycles. The Morgan fingerprint density at radius 1 is 1.37 bits per heavy atom. The van der Waals surface area contributed by atoms with Gasteiger partial charge in [0.05, 0.1) is 4.92 Å². The van der Waals surface area contributed by atoms with E-state index in [1.807, 2.05) is 0 Å². The number of hydrogen-bond donors (Lipinski definition) is 1. The van der Waals surface area contributed by atoms with E-state index in [4.69, 9.17) is 11.6 Å². The van der Waals surface area contributed by atoms with E-state index >= 15 is 0 Å². The Morgan fingerprint density at radius 3 is 2.53 bits per heavy atom. The van der Waals surface area contributed by atoms with Crippen LogP contribution >= 0.6 is 11.6 Å². The Bertz CT molecular complexity index is 451. The fourth-order valence-electron chi connectivity index (χ4n) is 1.75. The molecule has 0 fully saturated rings. The molecule has 0 amide bonds. The summed E-state index contributed by atoms with van der Waals surface area (Å²) in [4.78, 5) is 20.4. The summed E-state index contributed by atoms with van der Waals surface area (Å²) in [6.45, 7) is 8.89. The van der Waals surface area contributed by atoms with Crippen LogP contribution in [0.15, 0.2) is 0 Å². The first-order valence-corrected chi connectivity index (χ1v) is 6.52. The molecule has 0 aliphatic rings. The highest BCUT2D eigenvalue weighted by molar-refractivity contribution is 6.28. The third-order valence-electron chi connectivity index (χ3n) is 2.83. The van der Waals surface area contributed by atoms with Gasteiger partial charge in [-0.25, -0.2) is 4.98 Å². The summed E-state index contributed by atoms with van der Waals surface area (Å²) in [6.07, 6.45) is 0. The molecule has 1 heterocycles. The Kier molecular flexibility index (Phi) is 5.91. The summed E-state index contributed by atoms with van der Waals surface area (Å²) in [5.74, 6) is 0.176. The number of halogens is 1. The number of nitrogens with one attached hydrogen (secondary N) is 1. The van der Waals surface area contributed by atoms with E-state index in [1.54, 1.807) is 6.92 Å². The van der Waals surface area contributed by atoms with Crippen molar-refractivity contribution in [3.63, 3.8) is 0 Å². The Labute approximate surface area is 117 Å². The van der Waals surface area contributed by atoms with E-state index in [9.17, 15) is 10.1 Å². The van der Waals surface area contributed by atoms with Crippen molar-refractivity contribution in [1.82, 2.24) is 14.9 Å². The van der Waals surface area contributed by atoms with Gasteiger partial charge < -0.3 is 10.2 Å². The van der Waals surface area contributed by atoms with E-state index in [0.29, 0.717) is 6.54 Å². The lowest BCUT2D eigenvalue weighted by Crippen LogP contribution is -2.29. The molecule has 1 N–H and O–H groups in total. The number of aryl methyl sites for hydroxylation is 1. The third kappa shape index (κ3) is 4.29. The van der Waals surface area contributed by atoms with Gasteiger partial charge in [0.15, 0.2) is 0 Å². The fourth-order valence-corrected chi connectivity index (χ4v) is 1.96. The molecule has 0 aliphatic heterocycles. The second kappa shape index (κ2) is 7.20. The van der Waals surface area contributed by atoms with Crippen LogP contribution < -0.4 is 5.32 Å². The average molecular weight is 288 g/mol. The molecule has 0 saturated heterocycles. The second-order valence-corrected chi connectivity index (χ2v) is 4.32. The molecule has 8 heteroatoms. The summed E-state index contributed by atoms with van der Waals surface area (Å²) >= 11 is 5.73. The predicted molar refractivity (Wildman–Crippen MR) is 74.7 cm³/mol. The number of likely N-dealkylation sites (N-methyl/N-ethyl adjacent to an activating group) is 1. The highest BCUT2D eigenvalue weighted by Gasteiger charge is 2.21. The van der Waals surface area contributed by atoms with Gasteiger partial charge >= 0.3 is 5.69 Å². The molecule has 19 heavy (non-hydrogen) atoms. The van der Waals surface area contributed by atoms with Crippen molar-refractivity contribution in [2.24, 2.45) is 0 Å². The van der Waals surface area contributed by atoms with E-state index in [1.165, 1.54) is 0 Å². The first-order chi connectivity index (χ1) is 8.99. The second-order valence-electron chi connectivity index (χ2n) is 3.99. The maximum Gasteiger partial charge on any atom is 0.332 e. The van der Waals surface area contributed by atoms with Crippen LogP contribution in [0.25, 0.3) is 0 Å². The largest absolute Gasteiger partial charge is 0.363 e. The molecular weight excluding hydrogens is 270 g/mol. The lowest BCUT2D eigenvalue weighted by molar-refractivity contribution is -0.385. The van der Waals surface area contributed by atoms with Gasteiger partial charge in [-0.1, -0.05) is 13.8 Å². The van der Waals surface area contributed by atoms with Crippen molar-refractivity contribution in [3.05, 3.63) is 21.1 Å². The molecule has 0 spiro atoms. The summed E-state index contributed by atoms with van der Waals surface area (Å²) in [7, 11) is 0. The Hall–Kier alpha value is -1.47. The van der Waals surface area contributed by atoms with Crippen LogP contribution in [0.2, 0.25) is 5.28 Å². The summed E-state index contributed by atoms with van der Waals surface area (Å²) in [5.41, 5.74) is 0.138. The SMILES string of the molecule is CCN(CC)CCNc1nc(Cl)nc(C)c1[N+](=O)[O-]. The normalized spacial score (nSPS) is 10.8. The van der Waals surface area contributed by atoms with Crippen LogP contribution in [0, 0.1) is 17.0 Å². The zero-order valence-corrected chi connectivity index (χ0v) is 12.1. The summed E-state index contributed by atoms with van der Waals surface area (Å²) in [5, 5.41) is 14.0. The molecule has 7 nitrogen and oxygen atoms in total. The van der Waals surface area contributed by atoms with Crippen LogP contribution in [0.4, 0.5) is 11.5 Å². The monoisotopic (exact) mass is 287 g/mol. The number of rotatable bonds is 7. The van der Waals surface area contributed by atoms with Crippen LogP contribution in [0.1, 0.15) is 19.5 Å². The van der Waals surface area contributed by atoms with Gasteiger partial charge in [0.25, 0.3) is 0 Å². The number of nitro groups is 1. The standard InChI is InChI=1S/C11H18ClN5O2/c1-4-16(5-2)7-6-13-10-9(17(18)19)8(3)14-11(12)15-10/h4-7H2,1-3H3,(H,13,14,15). The van der Waals surface area contributed by atoms with E-state index < -0.39 is 4.92 Å². The van der Waals surface area contributed by atoms with Gasteiger partial charge in [0.2, 0.25) is 11.1 Å². The molecule has 0 bridgehead atoms. The maximum atomic E-state index is 11.0. The van der Waals surface area contributed by atoms with Crippen molar-refractivity contribution >= 4 is 23.1 Å². The topological polar surface area (TPSA) is 84.2 Å². The number of nitrogens with zero attached hydrogens (tertiary/aromatic N) is 4. The van der Waals surface area contributed by atoms with E-state index in [2.05, 4.69) is 34.0 Å². The van der Waals surface area contributed by atoms with Gasteiger partial charge in [0, 0.05) is 13.1 Å². The zero-order valence-electron chi connectivity index (χ0n) is 11.3. The van der Waals surface area contributed by atoms with Crippen LogP contribution in [-0.4, -0.2) is 46.0 Å². The van der Waals surface area contributed by atoms with Gasteiger partial charge in [-0.3, -0.25) is 10.1 Å². The Balaban J connectivity index is 2.80. The highest BCUT2D eigenvalue weighted by Crippen LogP contribution is 2.26. The van der Waals surface area contributed by atoms with Crippen LogP contribution in [0.5, 0.6) is 0 Å². The maximum absolute atomic E-state index is 11.0. The number of aromatic nitrogens is 2. The molecule has 0 unspecified atom stereocenters. The van der Waals surface area contributed by atoms with E-state index in [0.717, 1.165) is 19.6 Å². The Morgan fingerprint density at radius 2 is 2.00 bits per heavy atom. The first kappa shape index (κ1) is 15.6. The zero-order chi connectivity index (χ0) is 14.4. The first-order valence-electron chi connectivity index (χ1n) is 6.14. The smallest absolute Gasteiger partial charge is 0.332 e. The average Bonchev–Trinajstić information content (AvgIpc) is 2.33. The summed E-state index contributed by atoms with van der Waals surface area (Å²) in [6, 6.07) is 0. The summed E-state index contributed by atoms with van der Waals surface area (Å²) < 4.78 is 0. The highest BCUT2D eigenvalue weighted by atomic mass is 35.5. The third-order valence-corrected chi connectivity index (χ3v) is 3.00. The van der Waals surface area contributed by atoms with Crippen molar-refractivity contribution in [1.29, 1.82) is 0 Å². The van der Waals surface area contributed by atoms with Crippen LogP contribution in [0.3, 0.4) is 0 Å². The van der Waals surface area contributed by atoms with Crippen molar-refractivity contribution in [2.45, 2.75) is 20.8 Å². The molecule has 0 atom stereocenters. The molecule has 0 aliphatic carbocycles. The van der Waals surface area contributed by atoms with Crippen molar-refractivity contribution in [2.75, 3.05) is 31.5 Å². The molecule has 1 rings (SSSR count). The number of anilines is 1. The van der Waals surface area contributed by atoms with Gasteiger partial charge in [0.1, 0.15) is 5.69 Å². The minimum Gasteiger partial charge on any atom is -0.363 e. The lowest BCUT2D eigenvalue weighted by Gasteiger charge is -2.18. The molecule has 106 valence electrons. The quantitative estimate of drug-likeness (QED) is 0.470. The van der Waals surface area contributed by atoms with Crippen molar-refractivity contribution < 1.29 is 4.92 Å². The lowest BCUT2D eigenvalue weighted by atomic mass is 10.3. The van der Waals surface area contributed by atoms with E-state index in [-0.39, 0.29) is 22.5 Å². The fraction of sp³-hybridized carbons (Fsp3) is 0.636. The minimum atomic E-state index is -0.495. The van der Waals surface area contributed by atoms with Gasteiger partial charge in [-0.2, -0.15) is 4.98 Å². The predicted octanol–water partition coefficient (Wildman–Crippen LogP) is 2.10. The van der Waals surface area contributed by atoms with Gasteiger partial charge in [-0.15, -0.1) is 0 Å². The molecule has 0 radical (unpaired) electrons. The van der Waals surface area contributed by atoms with Crippen molar-refractivity contribution in [3.8, 4) is 0 Å². The number of hydrogen-bond acceptors (Lipinski definition) is 6. The molecular formula is C11H18ClN5O2.